The minimum Gasteiger partial charge on any atom is -0.368 e. The Bertz CT molecular complexity index is 758. The Labute approximate surface area is 138 Å². The maximum absolute atomic E-state index is 6.02. The molecule has 22 heavy (non-hydrogen) atoms. The van der Waals surface area contributed by atoms with Crippen molar-refractivity contribution in [2.45, 2.75) is 6.04 Å². The van der Waals surface area contributed by atoms with E-state index >= 15 is 0 Å². The van der Waals surface area contributed by atoms with Gasteiger partial charge >= 0.3 is 0 Å². The minimum atomic E-state index is 0.303. The van der Waals surface area contributed by atoms with E-state index in [9.17, 15) is 0 Å². The van der Waals surface area contributed by atoms with Crippen molar-refractivity contribution in [3.63, 3.8) is 0 Å². The first kappa shape index (κ1) is 15.2. The van der Waals surface area contributed by atoms with E-state index in [0.29, 0.717) is 11.1 Å². The standard InChI is InChI=1S/C16H17ClN4S/c1-21(2)14(15-4-3-7-22-15)9-18-16-12-6-5-11(17)8-13(12)19-10-20-16/h3-8,10,14H,9H2,1-2H3,(H,18,19,20)/t14-/m1/s1. The summed E-state index contributed by atoms with van der Waals surface area (Å²) in [7, 11) is 4.17. The SMILES string of the molecule is CN(C)[C@H](CNc1ncnc2cc(Cl)ccc12)c1cccs1. The first-order valence-corrected chi connectivity index (χ1v) is 8.25. The molecule has 0 radical (unpaired) electrons. The molecule has 0 aliphatic heterocycles. The van der Waals surface area contributed by atoms with Gasteiger partial charge in [-0.15, -0.1) is 11.3 Å². The molecule has 4 nitrogen and oxygen atoms in total. The zero-order chi connectivity index (χ0) is 15.5. The van der Waals surface area contributed by atoms with E-state index in [1.807, 2.05) is 18.2 Å². The van der Waals surface area contributed by atoms with E-state index in [0.717, 1.165) is 23.3 Å². The number of thiophene rings is 1. The molecule has 0 saturated carbocycles. The van der Waals surface area contributed by atoms with Crippen molar-refractivity contribution in [2.75, 3.05) is 26.0 Å². The number of fused-ring (bicyclic) bond motifs is 1. The Hall–Kier alpha value is -1.69. The maximum atomic E-state index is 6.02. The summed E-state index contributed by atoms with van der Waals surface area (Å²) >= 11 is 7.79. The van der Waals surface area contributed by atoms with Crippen molar-refractivity contribution >= 4 is 39.7 Å². The lowest BCUT2D eigenvalue weighted by Gasteiger charge is -2.24. The Balaban J connectivity index is 1.84. The summed E-state index contributed by atoms with van der Waals surface area (Å²) in [6, 6.07) is 10.2. The summed E-state index contributed by atoms with van der Waals surface area (Å²) in [5, 5.41) is 7.22. The number of benzene rings is 1. The van der Waals surface area contributed by atoms with Gasteiger partial charge in [-0.1, -0.05) is 17.7 Å². The molecule has 3 rings (SSSR count). The highest BCUT2D eigenvalue weighted by Crippen LogP contribution is 2.26. The van der Waals surface area contributed by atoms with E-state index in [1.54, 1.807) is 17.7 Å². The number of nitrogens with one attached hydrogen (secondary N) is 1. The van der Waals surface area contributed by atoms with Crippen molar-refractivity contribution in [2.24, 2.45) is 0 Å². The van der Waals surface area contributed by atoms with Crippen LogP contribution in [0.15, 0.2) is 42.0 Å². The Morgan fingerprint density at radius 3 is 2.86 bits per heavy atom. The molecular weight excluding hydrogens is 316 g/mol. The minimum absolute atomic E-state index is 0.303. The van der Waals surface area contributed by atoms with Crippen LogP contribution in [-0.2, 0) is 0 Å². The summed E-state index contributed by atoms with van der Waals surface area (Å²) in [6.07, 6.45) is 1.57. The predicted octanol–water partition coefficient (Wildman–Crippen LogP) is 4.06. The first-order valence-electron chi connectivity index (χ1n) is 6.99. The largest absolute Gasteiger partial charge is 0.368 e. The smallest absolute Gasteiger partial charge is 0.137 e. The van der Waals surface area contributed by atoms with Crippen LogP contribution in [0.25, 0.3) is 10.9 Å². The number of likely N-dealkylation sites (N-methyl/N-ethyl adjacent to an activating group) is 1. The van der Waals surface area contributed by atoms with Crippen LogP contribution in [0.1, 0.15) is 10.9 Å². The number of aromatic nitrogens is 2. The topological polar surface area (TPSA) is 41.0 Å². The van der Waals surface area contributed by atoms with Crippen LogP contribution < -0.4 is 5.32 Å². The van der Waals surface area contributed by atoms with Crippen LogP contribution in [-0.4, -0.2) is 35.5 Å². The number of anilines is 1. The Morgan fingerprint density at radius 1 is 1.27 bits per heavy atom. The number of hydrogen-bond acceptors (Lipinski definition) is 5. The fourth-order valence-corrected chi connectivity index (χ4v) is 3.47. The molecule has 2 heterocycles. The third-order valence-electron chi connectivity index (χ3n) is 3.56. The van der Waals surface area contributed by atoms with Crippen LogP contribution in [0, 0.1) is 0 Å². The molecule has 2 aromatic heterocycles. The highest BCUT2D eigenvalue weighted by molar-refractivity contribution is 7.10. The van der Waals surface area contributed by atoms with Crippen LogP contribution in [0.4, 0.5) is 5.82 Å². The van der Waals surface area contributed by atoms with Crippen molar-refractivity contribution < 1.29 is 0 Å². The number of rotatable bonds is 5. The second-order valence-corrected chi connectivity index (χ2v) is 6.68. The molecule has 0 spiro atoms. The number of nitrogens with zero attached hydrogens (tertiary/aromatic N) is 3. The van der Waals surface area contributed by atoms with Crippen LogP contribution in [0.2, 0.25) is 5.02 Å². The monoisotopic (exact) mass is 332 g/mol. The van der Waals surface area contributed by atoms with Gasteiger partial charge in [-0.25, -0.2) is 9.97 Å². The second kappa shape index (κ2) is 6.60. The molecular formula is C16H17ClN4S. The van der Waals surface area contributed by atoms with Gasteiger partial charge in [0.1, 0.15) is 12.1 Å². The zero-order valence-electron chi connectivity index (χ0n) is 12.5. The van der Waals surface area contributed by atoms with E-state index in [4.69, 9.17) is 11.6 Å². The number of halogens is 1. The summed E-state index contributed by atoms with van der Waals surface area (Å²) in [6.45, 7) is 0.780. The molecule has 114 valence electrons. The Kier molecular flexibility index (Phi) is 4.57. The molecule has 0 aliphatic carbocycles. The highest BCUT2D eigenvalue weighted by atomic mass is 35.5. The lowest BCUT2D eigenvalue weighted by atomic mass is 10.2. The van der Waals surface area contributed by atoms with Crippen LogP contribution in [0.3, 0.4) is 0 Å². The quantitative estimate of drug-likeness (QED) is 0.765. The molecule has 0 bridgehead atoms. The fraction of sp³-hybridized carbons (Fsp3) is 0.250. The van der Waals surface area contributed by atoms with Crippen molar-refractivity contribution in [3.05, 3.63) is 51.9 Å². The van der Waals surface area contributed by atoms with Crippen molar-refractivity contribution in [1.29, 1.82) is 0 Å². The van der Waals surface area contributed by atoms with E-state index in [-0.39, 0.29) is 0 Å². The highest BCUT2D eigenvalue weighted by Gasteiger charge is 2.15. The van der Waals surface area contributed by atoms with Gasteiger partial charge < -0.3 is 10.2 Å². The van der Waals surface area contributed by atoms with Gasteiger partial charge in [-0.2, -0.15) is 0 Å². The van der Waals surface area contributed by atoms with Gasteiger partial charge in [0.05, 0.1) is 11.6 Å². The van der Waals surface area contributed by atoms with Gasteiger partial charge in [0.25, 0.3) is 0 Å². The number of hydrogen-bond donors (Lipinski definition) is 1. The van der Waals surface area contributed by atoms with E-state index in [1.165, 1.54) is 4.88 Å². The predicted molar refractivity (Wildman–Crippen MR) is 93.8 cm³/mol. The molecule has 1 atom stereocenters. The fourth-order valence-electron chi connectivity index (χ4n) is 2.38. The summed E-state index contributed by atoms with van der Waals surface area (Å²) in [5.74, 6) is 0.838. The van der Waals surface area contributed by atoms with Crippen molar-refractivity contribution in [3.8, 4) is 0 Å². The molecule has 1 N–H and O–H groups in total. The average Bonchev–Trinajstić information content (AvgIpc) is 3.01. The zero-order valence-corrected chi connectivity index (χ0v) is 14.0. The lowest BCUT2D eigenvalue weighted by Crippen LogP contribution is -2.26. The molecule has 0 aliphatic rings. The average molecular weight is 333 g/mol. The maximum Gasteiger partial charge on any atom is 0.137 e. The first-order chi connectivity index (χ1) is 10.6. The summed E-state index contributed by atoms with van der Waals surface area (Å²) in [5.41, 5.74) is 0.850. The molecule has 1 aromatic carbocycles. The third kappa shape index (κ3) is 3.21. The summed E-state index contributed by atoms with van der Waals surface area (Å²) < 4.78 is 0. The molecule has 0 fully saturated rings. The van der Waals surface area contributed by atoms with E-state index < -0.39 is 0 Å². The van der Waals surface area contributed by atoms with Crippen molar-refractivity contribution in [1.82, 2.24) is 14.9 Å². The van der Waals surface area contributed by atoms with Gasteiger partial charge in [0.15, 0.2) is 0 Å². The van der Waals surface area contributed by atoms with Gasteiger partial charge in [-0.3, -0.25) is 0 Å². The molecule has 0 unspecified atom stereocenters. The molecule has 0 saturated heterocycles. The molecule has 0 amide bonds. The summed E-state index contributed by atoms with van der Waals surface area (Å²) in [4.78, 5) is 12.2. The molecule has 6 heteroatoms. The second-order valence-electron chi connectivity index (χ2n) is 5.26. The Morgan fingerprint density at radius 2 is 2.14 bits per heavy atom. The van der Waals surface area contributed by atoms with Gasteiger partial charge in [-0.05, 0) is 43.7 Å². The van der Waals surface area contributed by atoms with Gasteiger partial charge in [0, 0.05) is 21.8 Å². The lowest BCUT2D eigenvalue weighted by molar-refractivity contribution is 0.316. The van der Waals surface area contributed by atoms with Crippen LogP contribution in [0.5, 0.6) is 0 Å². The van der Waals surface area contributed by atoms with Crippen LogP contribution >= 0.6 is 22.9 Å². The molecule has 3 aromatic rings. The van der Waals surface area contributed by atoms with E-state index in [2.05, 4.69) is 51.8 Å². The normalized spacial score (nSPS) is 12.7. The third-order valence-corrected chi connectivity index (χ3v) is 4.77. The van der Waals surface area contributed by atoms with Gasteiger partial charge in [0.2, 0.25) is 0 Å².